The van der Waals surface area contributed by atoms with Gasteiger partial charge in [-0.15, -0.1) is 0 Å². The maximum atomic E-state index is 12.8. The van der Waals surface area contributed by atoms with E-state index >= 15 is 0 Å². The number of hydrogen-bond acceptors (Lipinski definition) is 4. The summed E-state index contributed by atoms with van der Waals surface area (Å²) in [5.41, 5.74) is 2.45. The van der Waals surface area contributed by atoms with Gasteiger partial charge in [-0.25, -0.2) is 0 Å². The zero-order valence-electron chi connectivity index (χ0n) is 12.1. The van der Waals surface area contributed by atoms with Crippen molar-refractivity contribution in [1.29, 1.82) is 0 Å². The Morgan fingerprint density at radius 1 is 1.23 bits per heavy atom. The van der Waals surface area contributed by atoms with E-state index in [0.717, 1.165) is 35.7 Å². The van der Waals surface area contributed by atoms with Crippen molar-refractivity contribution in [2.45, 2.75) is 25.3 Å². The van der Waals surface area contributed by atoms with E-state index in [1.54, 1.807) is 5.38 Å². The van der Waals surface area contributed by atoms with Crippen LogP contribution in [0.5, 0.6) is 0 Å². The molecule has 0 spiro atoms. The van der Waals surface area contributed by atoms with Gasteiger partial charge in [0.1, 0.15) is 5.69 Å². The first-order chi connectivity index (χ1) is 10.7. The van der Waals surface area contributed by atoms with Gasteiger partial charge in [-0.2, -0.15) is 0 Å². The minimum Gasteiger partial charge on any atom is -0.365 e. The fourth-order valence-corrected chi connectivity index (χ4v) is 4.03. The smallest absolute Gasteiger partial charge is 0.305 e. The van der Waals surface area contributed by atoms with E-state index in [-0.39, 0.29) is 10.8 Å². The number of para-hydroxylation sites is 2. The van der Waals surface area contributed by atoms with Crippen LogP contribution >= 0.6 is 11.3 Å². The maximum Gasteiger partial charge on any atom is 0.305 e. The van der Waals surface area contributed by atoms with Crippen LogP contribution in [0.4, 0.5) is 11.4 Å². The molecule has 114 valence electrons. The fraction of sp³-hybridized carbons (Fsp3) is 0.375. The van der Waals surface area contributed by atoms with Crippen molar-refractivity contribution >= 4 is 28.6 Å². The van der Waals surface area contributed by atoms with Gasteiger partial charge >= 0.3 is 4.87 Å². The average Bonchev–Trinajstić information content (AvgIpc) is 3.00. The number of aromatic amines is 1. The second-order valence-corrected chi connectivity index (χ2v) is 6.65. The van der Waals surface area contributed by atoms with Crippen LogP contribution in [0.25, 0.3) is 0 Å². The van der Waals surface area contributed by atoms with Crippen LogP contribution in [0.1, 0.15) is 29.8 Å². The van der Waals surface area contributed by atoms with Gasteiger partial charge in [-0.3, -0.25) is 9.59 Å². The molecule has 0 aliphatic carbocycles. The number of hydrogen-bond donors (Lipinski definition) is 1. The number of benzene rings is 1. The van der Waals surface area contributed by atoms with Crippen molar-refractivity contribution in [3.63, 3.8) is 0 Å². The Labute approximate surface area is 132 Å². The summed E-state index contributed by atoms with van der Waals surface area (Å²) < 4.78 is 0. The number of thiazole rings is 1. The molecule has 0 saturated carbocycles. The number of carbonyl (C=O) groups excluding carboxylic acids is 1. The lowest BCUT2D eigenvalue weighted by Gasteiger charge is -2.46. The van der Waals surface area contributed by atoms with Crippen molar-refractivity contribution in [2.75, 3.05) is 22.9 Å². The van der Waals surface area contributed by atoms with Gasteiger partial charge in [0.05, 0.1) is 11.4 Å². The number of H-pyrrole nitrogens is 1. The van der Waals surface area contributed by atoms with Crippen LogP contribution in [0.2, 0.25) is 0 Å². The van der Waals surface area contributed by atoms with Crippen LogP contribution < -0.4 is 14.7 Å². The van der Waals surface area contributed by atoms with Crippen molar-refractivity contribution in [3.8, 4) is 0 Å². The summed E-state index contributed by atoms with van der Waals surface area (Å²) in [7, 11) is 0. The molecule has 0 unspecified atom stereocenters. The Bertz CT molecular complexity index is 767. The lowest BCUT2D eigenvalue weighted by molar-refractivity contribution is 0.0978. The molecule has 2 aromatic rings. The molecule has 1 aromatic heterocycles. The van der Waals surface area contributed by atoms with Gasteiger partial charge in [-0.05, 0) is 31.4 Å². The molecular formula is C16H17N3O2S. The highest BCUT2D eigenvalue weighted by atomic mass is 32.1. The third-order valence-corrected chi connectivity index (χ3v) is 5.17. The van der Waals surface area contributed by atoms with Gasteiger partial charge in [0.25, 0.3) is 5.91 Å². The molecule has 1 aromatic carbocycles. The predicted molar refractivity (Wildman–Crippen MR) is 88.0 cm³/mol. The third-order valence-electron chi connectivity index (χ3n) is 4.50. The molecule has 2 aliphatic heterocycles. The highest BCUT2D eigenvalue weighted by molar-refractivity contribution is 7.07. The summed E-state index contributed by atoms with van der Waals surface area (Å²) in [5, 5.41) is 1.61. The topological polar surface area (TPSA) is 56.4 Å². The first-order valence-electron chi connectivity index (χ1n) is 7.59. The molecule has 2 aliphatic rings. The van der Waals surface area contributed by atoms with E-state index < -0.39 is 0 Å². The van der Waals surface area contributed by atoms with E-state index in [9.17, 15) is 9.59 Å². The molecule has 0 bridgehead atoms. The Kier molecular flexibility index (Phi) is 3.26. The number of anilines is 2. The van der Waals surface area contributed by atoms with Gasteiger partial charge in [0.15, 0.2) is 0 Å². The summed E-state index contributed by atoms with van der Waals surface area (Å²) >= 11 is 1.03. The zero-order valence-corrected chi connectivity index (χ0v) is 12.9. The summed E-state index contributed by atoms with van der Waals surface area (Å²) in [6.07, 6.45) is 3.52. The van der Waals surface area contributed by atoms with Crippen molar-refractivity contribution < 1.29 is 4.79 Å². The zero-order chi connectivity index (χ0) is 15.1. The highest BCUT2D eigenvalue weighted by Gasteiger charge is 2.35. The minimum atomic E-state index is -0.187. The second kappa shape index (κ2) is 5.28. The van der Waals surface area contributed by atoms with Gasteiger partial charge in [-0.1, -0.05) is 23.5 Å². The SMILES string of the molecule is O=C(c1csc(=O)[nH]1)N1C[C@H]2CCCCN2c2ccccc21. The molecule has 22 heavy (non-hydrogen) atoms. The van der Waals surface area contributed by atoms with Crippen molar-refractivity contribution in [1.82, 2.24) is 4.98 Å². The Balaban J connectivity index is 1.76. The number of fused-ring (bicyclic) bond motifs is 3. The summed E-state index contributed by atoms with van der Waals surface area (Å²) in [5.74, 6) is -0.115. The molecule has 1 atom stereocenters. The van der Waals surface area contributed by atoms with Crippen LogP contribution in [0, 0.1) is 0 Å². The molecule has 0 radical (unpaired) electrons. The Morgan fingerprint density at radius 2 is 2.05 bits per heavy atom. The van der Waals surface area contributed by atoms with Gasteiger partial charge in [0, 0.05) is 24.5 Å². The van der Waals surface area contributed by atoms with Gasteiger partial charge < -0.3 is 14.8 Å². The standard InChI is InChI=1S/C16H17N3O2S/c20-15(12-10-22-16(21)17-12)19-9-11-5-3-4-8-18(11)13-6-1-2-7-14(13)19/h1-2,6-7,10-11H,3-5,8-9H2,(H,17,21)/t11-/m1/s1. The molecule has 1 fully saturated rings. The lowest BCUT2D eigenvalue weighted by Crippen LogP contribution is -2.53. The number of aromatic nitrogens is 1. The monoisotopic (exact) mass is 315 g/mol. The quantitative estimate of drug-likeness (QED) is 0.879. The Morgan fingerprint density at radius 3 is 2.82 bits per heavy atom. The number of nitrogens with one attached hydrogen (secondary N) is 1. The molecule has 1 amide bonds. The fourth-order valence-electron chi connectivity index (χ4n) is 3.47. The summed E-state index contributed by atoms with van der Waals surface area (Å²) in [6, 6.07) is 8.43. The normalized spacial score (nSPS) is 20.5. The molecule has 5 nitrogen and oxygen atoms in total. The number of amides is 1. The van der Waals surface area contributed by atoms with E-state index in [2.05, 4.69) is 16.0 Å². The summed E-state index contributed by atoms with van der Waals surface area (Å²) in [6.45, 7) is 1.74. The molecule has 6 heteroatoms. The molecular weight excluding hydrogens is 298 g/mol. The molecule has 4 rings (SSSR count). The van der Waals surface area contributed by atoms with Gasteiger partial charge in [0.2, 0.25) is 0 Å². The highest BCUT2D eigenvalue weighted by Crippen LogP contribution is 2.38. The van der Waals surface area contributed by atoms with E-state index in [1.165, 1.54) is 12.8 Å². The third kappa shape index (κ3) is 2.14. The lowest BCUT2D eigenvalue weighted by atomic mass is 9.97. The maximum absolute atomic E-state index is 12.8. The van der Waals surface area contributed by atoms with E-state index in [4.69, 9.17) is 0 Å². The summed E-state index contributed by atoms with van der Waals surface area (Å²) in [4.78, 5) is 30.8. The van der Waals surface area contributed by atoms with E-state index in [0.29, 0.717) is 18.3 Å². The molecule has 3 heterocycles. The number of piperidine rings is 1. The van der Waals surface area contributed by atoms with Crippen molar-refractivity contribution in [3.05, 3.63) is 45.0 Å². The largest absolute Gasteiger partial charge is 0.365 e. The first kappa shape index (κ1) is 13.6. The van der Waals surface area contributed by atoms with Crippen molar-refractivity contribution in [2.24, 2.45) is 0 Å². The molecule has 1 N–H and O–H groups in total. The second-order valence-electron chi connectivity index (χ2n) is 5.81. The number of rotatable bonds is 1. The van der Waals surface area contributed by atoms with E-state index in [1.807, 2.05) is 23.1 Å². The number of nitrogens with zero attached hydrogens (tertiary/aromatic N) is 2. The van der Waals surface area contributed by atoms with Crippen LogP contribution in [-0.2, 0) is 0 Å². The van der Waals surface area contributed by atoms with Crippen LogP contribution in [0.3, 0.4) is 0 Å². The predicted octanol–water partition coefficient (Wildman–Crippen LogP) is 2.46. The average molecular weight is 315 g/mol. The van der Waals surface area contributed by atoms with Crippen LogP contribution in [0.15, 0.2) is 34.4 Å². The first-order valence-corrected chi connectivity index (χ1v) is 8.47. The Hall–Kier alpha value is -2.08. The van der Waals surface area contributed by atoms with Crippen LogP contribution in [-0.4, -0.2) is 30.0 Å². The minimum absolute atomic E-state index is 0.115. The number of carbonyl (C=O) groups is 1. The molecule has 1 saturated heterocycles.